The summed E-state index contributed by atoms with van der Waals surface area (Å²) in [5.74, 6) is -0.213. The third-order valence-electron chi connectivity index (χ3n) is 2.80. The third-order valence-corrected chi connectivity index (χ3v) is 4.34. The van der Waals surface area contributed by atoms with Gasteiger partial charge in [0.1, 0.15) is 4.88 Å². The molecule has 1 aromatic carbocycles. The maximum Gasteiger partial charge on any atom is 0.263 e. The van der Waals surface area contributed by atoms with Gasteiger partial charge >= 0.3 is 0 Å². The molecule has 4 nitrogen and oxygen atoms in total. The number of aromatic nitrogens is 1. The zero-order valence-corrected chi connectivity index (χ0v) is 13.2. The lowest BCUT2D eigenvalue weighted by Crippen LogP contribution is -2.26. The molecule has 2 rings (SSSR count). The van der Waals surface area contributed by atoms with Crippen LogP contribution in [0.25, 0.3) is 0 Å². The molecule has 1 unspecified atom stereocenters. The summed E-state index contributed by atoms with van der Waals surface area (Å²) in [7, 11) is 0. The molecule has 20 heavy (non-hydrogen) atoms. The summed E-state index contributed by atoms with van der Waals surface area (Å²) in [5, 5.41) is 4.33. The number of nitrogens with one attached hydrogen (secondary N) is 1. The van der Waals surface area contributed by atoms with Gasteiger partial charge in [-0.05, 0) is 31.5 Å². The van der Waals surface area contributed by atoms with Crippen molar-refractivity contribution in [3.8, 4) is 0 Å². The molecule has 3 N–H and O–H groups in total. The van der Waals surface area contributed by atoms with E-state index in [-0.39, 0.29) is 11.9 Å². The summed E-state index contributed by atoms with van der Waals surface area (Å²) in [5.41, 5.74) is 7.02. The SMILES string of the molecule is Cc1nc(N)sc1C(=O)NC(C)c1ccc(Cl)cc1Cl. The minimum Gasteiger partial charge on any atom is -0.375 e. The highest BCUT2D eigenvalue weighted by Gasteiger charge is 2.18. The van der Waals surface area contributed by atoms with Crippen molar-refractivity contribution in [2.75, 3.05) is 5.73 Å². The molecule has 7 heteroatoms. The number of nitrogens with zero attached hydrogens (tertiary/aromatic N) is 1. The van der Waals surface area contributed by atoms with Crippen LogP contribution in [0.15, 0.2) is 18.2 Å². The Morgan fingerprint density at radius 2 is 2.15 bits per heavy atom. The molecule has 1 amide bonds. The van der Waals surface area contributed by atoms with Crippen LogP contribution in [0.4, 0.5) is 5.13 Å². The van der Waals surface area contributed by atoms with E-state index in [0.29, 0.717) is 25.7 Å². The van der Waals surface area contributed by atoms with Crippen molar-refractivity contribution in [1.82, 2.24) is 10.3 Å². The first-order valence-corrected chi connectivity index (χ1v) is 7.44. The average molecular weight is 330 g/mol. The number of anilines is 1. The Morgan fingerprint density at radius 3 is 2.70 bits per heavy atom. The standard InChI is InChI=1S/C13H13Cl2N3OS/c1-6(9-4-3-8(14)5-10(9)15)17-12(19)11-7(2)18-13(16)20-11/h3-6H,1-2H3,(H2,16,18)(H,17,19). The summed E-state index contributed by atoms with van der Waals surface area (Å²) in [6.45, 7) is 3.61. The van der Waals surface area contributed by atoms with Crippen LogP contribution in [0.5, 0.6) is 0 Å². The quantitative estimate of drug-likeness (QED) is 0.899. The Balaban J connectivity index is 2.17. The van der Waals surface area contributed by atoms with Crippen LogP contribution < -0.4 is 11.1 Å². The summed E-state index contributed by atoms with van der Waals surface area (Å²) in [6, 6.07) is 4.94. The van der Waals surface area contributed by atoms with Crippen molar-refractivity contribution in [1.29, 1.82) is 0 Å². The molecule has 0 spiro atoms. The van der Waals surface area contributed by atoms with E-state index in [1.54, 1.807) is 25.1 Å². The van der Waals surface area contributed by atoms with Crippen molar-refractivity contribution >= 4 is 45.6 Å². The number of carbonyl (C=O) groups is 1. The second-order valence-corrected chi connectivity index (χ2v) is 6.20. The van der Waals surface area contributed by atoms with E-state index in [2.05, 4.69) is 10.3 Å². The normalized spacial score (nSPS) is 12.2. The molecule has 2 aromatic rings. The number of halogens is 2. The number of thiazole rings is 1. The van der Waals surface area contributed by atoms with Crippen LogP contribution in [-0.2, 0) is 0 Å². The topological polar surface area (TPSA) is 68.0 Å². The van der Waals surface area contributed by atoms with Gasteiger partial charge in [0.2, 0.25) is 0 Å². The Labute approximate surface area is 130 Å². The molecule has 106 valence electrons. The predicted molar refractivity (Wildman–Crippen MR) is 83.6 cm³/mol. The number of rotatable bonds is 3. The van der Waals surface area contributed by atoms with Crippen LogP contribution in [0, 0.1) is 6.92 Å². The molecular weight excluding hydrogens is 317 g/mol. The van der Waals surface area contributed by atoms with Gasteiger partial charge in [-0.2, -0.15) is 0 Å². The predicted octanol–water partition coefficient (Wildman–Crippen LogP) is 3.83. The van der Waals surface area contributed by atoms with E-state index in [0.717, 1.165) is 5.56 Å². The first kappa shape index (κ1) is 15.1. The minimum absolute atomic E-state index is 0.213. The van der Waals surface area contributed by atoms with E-state index in [4.69, 9.17) is 28.9 Å². The highest BCUT2D eigenvalue weighted by molar-refractivity contribution is 7.17. The zero-order valence-electron chi connectivity index (χ0n) is 10.9. The van der Waals surface area contributed by atoms with Crippen molar-refractivity contribution in [2.45, 2.75) is 19.9 Å². The first-order chi connectivity index (χ1) is 9.38. The smallest absolute Gasteiger partial charge is 0.263 e. The number of aryl methyl sites for hydroxylation is 1. The monoisotopic (exact) mass is 329 g/mol. The van der Waals surface area contributed by atoms with E-state index in [1.807, 2.05) is 6.92 Å². The number of hydrogen-bond acceptors (Lipinski definition) is 4. The van der Waals surface area contributed by atoms with Gasteiger partial charge in [-0.25, -0.2) is 4.98 Å². The molecule has 0 aliphatic rings. The fourth-order valence-corrected chi connectivity index (χ4v) is 3.13. The zero-order chi connectivity index (χ0) is 14.9. The van der Waals surface area contributed by atoms with Crippen LogP contribution in [0.3, 0.4) is 0 Å². The molecule has 0 aliphatic heterocycles. The van der Waals surface area contributed by atoms with Crippen molar-refractivity contribution < 1.29 is 4.79 Å². The van der Waals surface area contributed by atoms with Crippen molar-refractivity contribution in [3.63, 3.8) is 0 Å². The van der Waals surface area contributed by atoms with E-state index in [1.165, 1.54) is 11.3 Å². The Hall–Kier alpha value is -1.30. The van der Waals surface area contributed by atoms with E-state index in [9.17, 15) is 4.79 Å². The van der Waals surface area contributed by atoms with Gasteiger partial charge < -0.3 is 11.1 Å². The number of nitrogen functional groups attached to an aromatic ring is 1. The maximum atomic E-state index is 12.2. The summed E-state index contributed by atoms with van der Waals surface area (Å²) in [4.78, 5) is 16.7. The Kier molecular flexibility index (Phi) is 4.52. The molecule has 0 radical (unpaired) electrons. The first-order valence-electron chi connectivity index (χ1n) is 5.87. The minimum atomic E-state index is -0.241. The average Bonchev–Trinajstić information content (AvgIpc) is 2.68. The Bertz CT molecular complexity index is 657. The molecular formula is C13H13Cl2N3OS. The molecule has 0 bridgehead atoms. The number of nitrogens with two attached hydrogens (primary N) is 1. The van der Waals surface area contributed by atoms with Gasteiger partial charge in [-0.15, -0.1) is 0 Å². The van der Waals surface area contributed by atoms with Gasteiger partial charge in [0, 0.05) is 10.0 Å². The summed E-state index contributed by atoms with van der Waals surface area (Å²) >= 11 is 13.1. The lowest BCUT2D eigenvalue weighted by Gasteiger charge is -2.15. The van der Waals surface area contributed by atoms with Gasteiger partial charge in [0.05, 0.1) is 11.7 Å². The van der Waals surface area contributed by atoms with Crippen LogP contribution >= 0.6 is 34.5 Å². The Morgan fingerprint density at radius 1 is 1.45 bits per heavy atom. The summed E-state index contributed by atoms with van der Waals surface area (Å²) in [6.07, 6.45) is 0. The second kappa shape index (κ2) is 5.99. The van der Waals surface area contributed by atoms with Crippen molar-refractivity contribution in [3.05, 3.63) is 44.4 Å². The molecule has 1 aromatic heterocycles. The van der Waals surface area contributed by atoms with Crippen LogP contribution in [-0.4, -0.2) is 10.9 Å². The highest BCUT2D eigenvalue weighted by atomic mass is 35.5. The largest absolute Gasteiger partial charge is 0.375 e. The summed E-state index contributed by atoms with van der Waals surface area (Å²) < 4.78 is 0. The van der Waals surface area contributed by atoms with Crippen LogP contribution in [0.1, 0.15) is 33.9 Å². The van der Waals surface area contributed by atoms with E-state index >= 15 is 0 Å². The van der Waals surface area contributed by atoms with Crippen molar-refractivity contribution in [2.24, 2.45) is 0 Å². The number of amides is 1. The molecule has 1 heterocycles. The fourth-order valence-electron chi connectivity index (χ4n) is 1.82. The lowest BCUT2D eigenvalue weighted by molar-refractivity contribution is 0.0943. The molecule has 0 aliphatic carbocycles. The fraction of sp³-hybridized carbons (Fsp3) is 0.231. The van der Waals surface area contributed by atoms with E-state index < -0.39 is 0 Å². The van der Waals surface area contributed by atoms with Gasteiger partial charge in [0.25, 0.3) is 5.91 Å². The number of benzene rings is 1. The maximum absolute atomic E-state index is 12.2. The molecule has 0 saturated heterocycles. The lowest BCUT2D eigenvalue weighted by atomic mass is 10.1. The molecule has 0 fully saturated rings. The molecule has 0 saturated carbocycles. The second-order valence-electron chi connectivity index (χ2n) is 4.33. The highest BCUT2D eigenvalue weighted by Crippen LogP contribution is 2.27. The van der Waals surface area contributed by atoms with Gasteiger partial charge in [-0.3, -0.25) is 4.79 Å². The molecule has 1 atom stereocenters. The number of carbonyl (C=O) groups excluding carboxylic acids is 1. The number of hydrogen-bond donors (Lipinski definition) is 2. The van der Waals surface area contributed by atoms with Gasteiger partial charge in [0.15, 0.2) is 5.13 Å². The third kappa shape index (κ3) is 3.23. The van der Waals surface area contributed by atoms with Gasteiger partial charge in [-0.1, -0.05) is 40.6 Å². The van der Waals surface area contributed by atoms with Crippen LogP contribution in [0.2, 0.25) is 10.0 Å².